The van der Waals surface area contributed by atoms with E-state index in [1.54, 1.807) is 19.1 Å². The first-order chi connectivity index (χ1) is 9.82. The highest BCUT2D eigenvalue weighted by Crippen LogP contribution is 2.19. The summed E-state index contributed by atoms with van der Waals surface area (Å²) in [6.07, 6.45) is 0. The highest BCUT2D eigenvalue weighted by atomic mass is 32.2. The smallest absolute Gasteiger partial charge is 0.269 e. The Bertz CT molecular complexity index is 768. The lowest BCUT2D eigenvalue weighted by Gasteiger charge is -2.12. The van der Waals surface area contributed by atoms with Crippen LogP contribution in [0.15, 0.2) is 29.2 Å². The molecule has 1 heterocycles. The van der Waals surface area contributed by atoms with Crippen molar-refractivity contribution in [3.63, 3.8) is 0 Å². The largest absolute Gasteiger partial charge is 0.321 e. The summed E-state index contributed by atoms with van der Waals surface area (Å²) in [5.41, 5.74) is 0.935. The number of anilines is 1. The van der Waals surface area contributed by atoms with E-state index in [1.807, 2.05) is 0 Å². The third kappa shape index (κ3) is 3.26. The van der Waals surface area contributed by atoms with Gasteiger partial charge in [-0.2, -0.15) is 0 Å². The van der Waals surface area contributed by atoms with E-state index in [0.717, 1.165) is 15.8 Å². The maximum Gasteiger partial charge on any atom is 0.269 e. The number of hydrogen-bond donors (Lipinski definition) is 1. The van der Waals surface area contributed by atoms with Crippen molar-refractivity contribution in [3.8, 4) is 0 Å². The van der Waals surface area contributed by atoms with Gasteiger partial charge in [-0.05, 0) is 36.7 Å². The lowest BCUT2D eigenvalue weighted by atomic mass is 10.3. The molecule has 0 aliphatic carbocycles. The monoisotopic (exact) mass is 326 g/mol. The topological polar surface area (TPSA) is 92.3 Å². The van der Waals surface area contributed by atoms with Crippen LogP contribution in [0.25, 0.3) is 0 Å². The zero-order chi connectivity index (χ0) is 15.6. The molecule has 0 aliphatic rings. The number of carbonyl (C=O) groups excluding carboxylic acids is 1. The first kappa shape index (κ1) is 15.5. The standard InChI is InChI=1S/C12H14N4O3S2/c1-8-11(20-15-14-8)12(17)13-9-5-4-6-10(7-9)21(18,19)16(2)3/h4-7H,1-3H3,(H,13,17). The molecule has 1 N–H and O–H groups in total. The van der Waals surface area contributed by atoms with Crippen molar-refractivity contribution in [3.05, 3.63) is 34.8 Å². The molecule has 7 nitrogen and oxygen atoms in total. The fourth-order valence-electron chi connectivity index (χ4n) is 1.57. The maximum absolute atomic E-state index is 12.1. The maximum atomic E-state index is 12.1. The lowest BCUT2D eigenvalue weighted by Crippen LogP contribution is -2.22. The van der Waals surface area contributed by atoms with E-state index in [4.69, 9.17) is 0 Å². The Morgan fingerprint density at radius 1 is 1.33 bits per heavy atom. The van der Waals surface area contributed by atoms with Gasteiger partial charge in [0.05, 0.1) is 10.6 Å². The van der Waals surface area contributed by atoms with Gasteiger partial charge in [0.1, 0.15) is 4.88 Å². The molecule has 0 saturated carbocycles. The van der Waals surface area contributed by atoms with Crippen molar-refractivity contribution in [1.29, 1.82) is 0 Å². The van der Waals surface area contributed by atoms with E-state index in [0.29, 0.717) is 16.3 Å². The van der Waals surface area contributed by atoms with Crippen molar-refractivity contribution in [2.75, 3.05) is 19.4 Å². The molecule has 0 atom stereocenters. The van der Waals surface area contributed by atoms with E-state index in [2.05, 4.69) is 14.9 Å². The highest BCUT2D eigenvalue weighted by Gasteiger charge is 2.18. The van der Waals surface area contributed by atoms with Gasteiger partial charge in [0.2, 0.25) is 10.0 Å². The van der Waals surface area contributed by atoms with Gasteiger partial charge in [0.15, 0.2) is 0 Å². The third-order valence-corrected chi connectivity index (χ3v) is 5.37. The second kappa shape index (κ2) is 5.88. The molecule has 0 bridgehead atoms. The summed E-state index contributed by atoms with van der Waals surface area (Å²) in [5.74, 6) is -0.359. The minimum atomic E-state index is -3.54. The minimum absolute atomic E-state index is 0.115. The molecular formula is C12H14N4O3S2. The fourth-order valence-corrected chi connectivity index (χ4v) is 3.07. The number of nitrogens with zero attached hydrogens (tertiary/aromatic N) is 3. The molecule has 1 aromatic heterocycles. The fraction of sp³-hybridized carbons (Fsp3) is 0.250. The molecule has 0 radical (unpaired) electrons. The zero-order valence-corrected chi connectivity index (χ0v) is 13.3. The van der Waals surface area contributed by atoms with E-state index in [1.165, 1.54) is 26.2 Å². The number of carbonyl (C=O) groups is 1. The van der Waals surface area contributed by atoms with E-state index in [9.17, 15) is 13.2 Å². The van der Waals surface area contributed by atoms with Crippen LogP contribution in [0.3, 0.4) is 0 Å². The number of amides is 1. The molecule has 1 amide bonds. The number of hydrogen-bond acceptors (Lipinski definition) is 6. The molecule has 0 fully saturated rings. The number of sulfonamides is 1. The van der Waals surface area contributed by atoms with Crippen molar-refractivity contribution in [1.82, 2.24) is 13.9 Å². The van der Waals surface area contributed by atoms with Crippen molar-refractivity contribution >= 4 is 33.2 Å². The van der Waals surface area contributed by atoms with Gasteiger partial charge in [-0.25, -0.2) is 12.7 Å². The van der Waals surface area contributed by atoms with Gasteiger partial charge < -0.3 is 5.32 Å². The summed E-state index contributed by atoms with van der Waals surface area (Å²) in [7, 11) is -0.635. The molecule has 0 aliphatic heterocycles. The van der Waals surface area contributed by atoms with Crippen LogP contribution in [-0.2, 0) is 10.0 Å². The van der Waals surface area contributed by atoms with Gasteiger partial charge in [-0.3, -0.25) is 4.79 Å². The minimum Gasteiger partial charge on any atom is -0.321 e. The van der Waals surface area contributed by atoms with E-state index < -0.39 is 10.0 Å². The Morgan fingerprint density at radius 2 is 2.05 bits per heavy atom. The first-order valence-corrected chi connectivity index (χ1v) is 8.16. The van der Waals surface area contributed by atoms with Gasteiger partial charge in [-0.15, -0.1) is 5.10 Å². The molecular weight excluding hydrogens is 312 g/mol. The number of rotatable bonds is 4. The summed E-state index contributed by atoms with van der Waals surface area (Å²) < 4.78 is 28.9. The summed E-state index contributed by atoms with van der Waals surface area (Å²) >= 11 is 0.992. The molecule has 2 aromatic rings. The highest BCUT2D eigenvalue weighted by molar-refractivity contribution is 7.89. The summed E-state index contributed by atoms with van der Waals surface area (Å²) in [4.78, 5) is 12.6. The summed E-state index contributed by atoms with van der Waals surface area (Å²) in [6.45, 7) is 1.69. The van der Waals surface area contributed by atoms with Crippen LogP contribution in [0.1, 0.15) is 15.4 Å². The third-order valence-electron chi connectivity index (χ3n) is 2.73. The second-order valence-electron chi connectivity index (χ2n) is 4.46. The van der Waals surface area contributed by atoms with Crippen molar-refractivity contribution in [2.24, 2.45) is 0 Å². The van der Waals surface area contributed by atoms with Gasteiger partial charge in [0.25, 0.3) is 5.91 Å². The van der Waals surface area contributed by atoms with Crippen LogP contribution in [-0.4, -0.2) is 42.3 Å². The Kier molecular flexibility index (Phi) is 4.35. The number of aryl methyl sites for hydroxylation is 1. The van der Waals surface area contributed by atoms with Crippen molar-refractivity contribution in [2.45, 2.75) is 11.8 Å². The number of benzene rings is 1. The second-order valence-corrected chi connectivity index (χ2v) is 7.36. The van der Waals surface area contributed by atoms with Gasteiger partial charge in [0, 0.05) is 19.8 Å². The molecule has 9 heteroatoms. The Hall–Kier alpha value is -1.84. The van der Waals surface area contributed by atoms with Crippen LogP contribution >= 0.6 is 11.5 Å². The zero-order valence-electron chi connectivity index (χ0n) is 11.7. The van der Waals surface area contributed by atoms with E-state index >= 15 is 0 Å². The van der Waals surface area contributed by atoms with Crippen LogP contribution < -0.4 is 5.32 Å². The summed E-state index contributed by atoms with van der Waals surface area (Å²) in [5, 5.41) is 6.41. The number of aromatic nitrogens is 2. The van der Waals surface area contributed by atoms with Crippen LogP contribution in [0.4, 0.5) is 5.69 Å². The lowest BCUT2D eigenvalue weighted by molar-refractivity contribution is 0.103. The van der Waals surface area contributed by atoms with Crippen LogP contribution in [0.5, 0.6) is 0 Å². The van der Waals surface area contributed by atoms with E-state index in [-0.39, 0.29) is 10.8 Å². The molecule has 1 aromatic carbocycles. The molecule has 0 unspecified atom stereocenters. The Labute approximate surface area is 126 Å². The molecule has 0 saturated heterocycles. The average Bonchev–Trinajstić information content (AvgIpc) is 2.85. The van der Waals surface area contributed by atoms with Crippen LogP contribution in [0, 0.1) is 6.92 Å². The number of nitrogens with one attached hydrogen (secondary N) is 1. The molecule has 112 valence electrons. The van der Waals surface area contributed by atoms with Crippen LogP contribution in [0.2, 0.25) is 0 Å². The normalized spacial score (nSPS) is 11.6. The Morgan fingerprint density at radius 3 is 2.62 bits per heavy atom. The molecule has 0 spiro atoms. The van der Waals surface area contributed by atoms with Crippen molar-refractivity contribution < 1.29 is 13.2 Å². The SMILES string of the molecule is Cc1nnsc1C(=O)Nc1cccc(S(=O)(=O)N(C)C)c1. The predicted molar refractivity (Wildman–Crippen MR) is 79.9 cm³/mol. The molecule has 21 heavy (non-hydrogen) atoms. The van der Waals surface area contributed by atoms with Gasteiger partial charge in [-0.1, -0.05) is 10.6 Å². The Balaban J connectivity index is 2.27. The molecule has 2 rings (SSSR count). The predicted octanol–water partition coefficient (Wildman–Crippen LogP) is 1.35. The first-order valence-electron chi connectivity index (χ1n) is 5.95. The quantitative estimate of drug-likeness (QED) is 0.915. The van der Waals surface area contributed by atoms with Gasteiger partial charge >= 0.3 is 0 Å². The average molecular weight is 326 g/mol. The summed E-state index contributed by atoms with van der Waals surface area (Å²) in [6, 6.07) is 6.08.